The minimum absolute atomic E-state index is 0.0527. The van der Waals surface area contributed by atoms with Crippen molar-refractivity contribution in [1.82, 2.24) is 14.4 Å². The normalized spacial score (nSPS) is 11.8. The molecule has 90 valence electrons. The average Bonchev–Trinajstić information content (AvgIpc) is 2.69. The lowest BCUT2D eigenvalue weighted by atomic mass is 10.5. The van der Waals surface area contributed by atoms with Crippen LogP contribution >= 0.6 is 0 Å². The molecular formula is C9H9N3O4S. The molecule has 7 nitrogen and oxygen atoms in total. The highest BCUT2D eigenvalue weighted by atomic mass is 32.2. The zero-order valence-corrected chi connectivity index (χ0v) is 9.68. The van der Waals surface area contributed by atoms with E-state index in [2.05, 4.69) is 9.97 Å². The van der Waals surface area contributed by atoms with Gasteiger partial charge in [-0.15, -0.1) is 0 Å². The lowest BCUT2D eigenvalue weighted by Crippen LogP contribution is -2.12. The van der Waals surface area contributed by atoms with Crippen LogP contribution in [0.25, 0.3) is 5.78 Å². The smallest absolute Gasteiger partial charge is 0.357 e. The molecule has 0 atom stereocenters. The molecule has 2 aromatic rings. The molecule has 0 spiro atoms. The van der Waals surface area contributed by atoms with E-state index in [4.69, 9.17) is 5.11 Å². The molecule has 0 aromatic carbocycles. The van der Waals surface area contributed by atoms with Gasteiger partial charge < -0.3 is 5.11 Å². The van der Waals surface area contributed by atoms with Gasteiger partial charge in [0.1, 0.15) is 0 Å². The topological polar surface area (TPSA) is 102 Å². The average molecular weight is 255 g/mol. The van der Waals surface area contributed by atoms with Gasteiger partial charge in [-0.1, -0.05) is 6.92 Å². The molecule has 2 aromatic heterocycles. The predicted molar refractivity (Wildman–Crippen MR) is 57.7 cm³/mol. The standard InChI is InChI=1S/C9H9N3O4S/c1-2-17(15,16)7-6(8(13)14)11-9-10-4-3-5-12(7)9/h3-5H,2H2,1H3,(H,13,14). The number of aromatic nitrogens is 3. The van der Waals surface area contributed by atoms with Crippen molar-refractivity contribution in [2.75, 3.05) is 5.75 Å². The van der Waals surface area contributed by atoms with E-state index < -0.39 is 21.5 Å². The van der Waals surface area contributed by atoms with Crippen molar-refractivity contribution < 1.29 is 18.3 Å². The second-order valence-electron chi connectivity index (χ2n) is 3.26. The van der Waals surface area contributed by atoms with E-state index in [9.17, 15) is 13.2 Å². The number of sulfone groups is 1. The molecular weight excluding hydrogens is 246 g/mol. The quantitative estimate of drug-likeness (QED) is 0.841. The summed E-state index contributed by atoms with van der Waals surface area (Å²) in [5.74, 6) is -1.53. The van der Waals surface area contributed by atoms with Crippen molar-refractivity contribution in [2.24, 2.45) is 0 Å². The molecule has 8 heteroatoms. The van der Waals surface area contributed by atoms with Gasteiger partial charge in [0.15, 0.2) is 20.6 Å². The Morgan fingerprint density at radius 3 is 2.82 bits per heavy atom. The third-order valence-electron chi connectivity index (χ3n) is 2.24. The maximum absolute atomic E-state index is 11.8. The highest BCUT2D eigenvalue weighted by Gasteiger charge is 2.27. The van der Waals surface area contributed by atoms with Crippen LogP contribution in [0.4, 0.5) is 0 Å². The van der Waals surface area contributed by atoms with Gasteiger partial charge >= 0.3 is 5.97 Å². The van der Waals surface area contributed by atoms with E-state index in [1.807, 2.05) is 0 Å². The van der Waals surface area contributed by atoms with Gasteiger partial charge in [0.2, 0.25) is 5.78 Å². The third kappa shape index (κ3) is 1.76. The van der Waals surface area contributed by atoms with Gasteiger partial charge in [-0.3, -0.25) is 4.40 Å². The summed E-state index contributed by atoms with van der Waals surface area (Å²) in [6.45, 7) is 1.44. The van der Waals surface area contributed by atoms with Gasteiger partial charge in [-0.25, -0.2) is 23.2 Å². The zero-order chi connectivity index (χ0) is 12.6. The number of fused-ring (bicyclic) bond motifs is 1. The number of carboxylic acids is 1. The van der Waals surface area contributed by atoms with E-state index >= 15 is 0 Å². The van der Waals surface area contributed by atoms with E-state index in [1.54, 1.807) is 0 Å². The number of rotatable bonds is 3. The van der Waals surface area contributed by atoms with Gasteiger partial charge in [0, 0.05) is 12.4 Å². The van der Waals surface area contributed by atoms with Crippen LogP contribution in [0.1, 0.15) is 17.4 Å². The van der Waals surface area contributed by atoms with Gasteiger partial charge in [-0.05, 0) is 6.07 Å². The highest BCUT2D eigenvalue weighted by molar-refractivity contribution is 7.91. The maximum Gasteiger partial charge on any atom is 0.357 e. The first-order valence-corrected chi connectivity index (χ1v) is 6.41. The Labute approximate surface area is 96.7 Å². The van der Waals surface area contributed by atoms with Crippen molar-refractivity contribution in [3.8, 4) is 0 Å². The fourth-order valence-corrected chi connectivity index (χ4v) is 2.58. The molecule has 2 heterocycles. The van der Waals surface area contributed by atoms with Crippen LogP contribution in [0.5, 0.6) is 0 Å². The van der Waals surface area contributed by atoms with Gasteiger partial charge in [0.25, 0.3) is 0 Å². The first kappa shape index (κ1) is 11.5. The largest absolute Gasteiger partial charge is 0.476 e. The fraction of sp³-hybridized carbons (Fsp3) is 0.222. The second-order valence-corrected chi connectivity index (χ2v) is 5.46. The molecule has 0 fully saturated rings. The first-order valence-electron chi connectivity index (χ1n) is 4.76. The van der Waals surface area contributed by atoms with Crippen molar-refractivity contribution in [1.29, 1.82) is 0 Å². The molecule has 0 saturated carbocycles. The molecule has 17 heavy (non-hydrogen) atoms. The number of imidazole rings is 1. The Morgan fingerprint density at radius 1 is 1.53 bits per heavy atom. The summed E-state index contributed by atoms with van der Waals surface area (Å²) in [5, 5.41) is 8.63. The van der Waals surface area contributed by atoms with Crippen LogP contribution in [0.3, 0.4) is 0 Å². The lowest BCUT2D eigenvalue weighted by Gasteiger charge is -2.01. The Hall–Kier alpha value is -1.96. The number of aromatic carboxylic acids is 1. The number of carbonyl (C=O) groups is 1. The van der Waals surface area contributed by atoms with Crippen molar-refractivity contribution in [3.63, 3.8) is 0 Å². The maximum atomic E-state index is 11.8. The molecule has 0 bridgehead atoms. The number of hydrogen-bond acceptors (Lipinski definition) is 5. The minimum atomic E-state index is -3.68. The van der Waals surface area contributed by atoms with Crippen LogP contribution in [-0.4, -0.2) is 39.6 Å². The SMILES string of the molecule is CCS(=O)(=O)c1c(C(=O)O)nc2ncccn12. The van der Waals surface area contributed by atoms with Crippen LogP contribution in [0.15, 0.2) is 23.5 Å². The fourth-order valence-electron chi connectivity index (χ4n) is 1.44. The Morgan fingerprint density at radius 2 is 2.24 bits per heavy atom. The Balaban J connectivity index is 2.92. The molecule has 0 aliphatic carbocycles. The number of nitrogens with zero attached hydrogens (tertiary/aromatic N) is 3. The lowest BCUT2D eigenvalue weighted by molar-refractivity contribution is 0.0686. The van der Waals surface area contributed by atoms with Crippen molar-refractivity contribution in [3.05, 3.63) is 24.2 Å². The van der Waals surface area contributed by atoms with Gasteiger partial charge in [-0.2, -0.15) is 0 Å². The van der Waals surface area contributed by atoms with Crippen LogP contribution < -0.4 is 0 Å². The first-order chi connectivity index (χ1) is 7.97. The summed E-state index contributed by atoms with van der Waals surface area (Å²) in [4.78, 5) is 18.5. The summed E-state index contributed by atoms with van der Waals surface area (Å²) in [5.41, 5.74) is -0.495. The summed E-state index contributed by atoms with van der Waals surface area (Å²) < 4.78 is 24.9. The van der Waals surface area contributed by atoms with E-state index in [0.29, 0.717) is 0 Å². The second kappa shape index (κ2) is 3.81. The molecule has 0 saturated heterocycles. The van der Waals surface area contributed by atoms with Gasteiger partial charge in [0.05, 0.1) is 5.75 Å². The van der Waals surface area contributed by atoms with Crippen molar-refractivity contribution >= 4 is 21.6 Å². The predicted octanol–water partition coefficient (Wildman–Crippen LogP) is 0.221. The van der Waals surface area contributed by atoms with E-state index in [1.165, 1.54) is 29.8 Å². The summed E-state index contributed by atoms with van der Waals surface area (Å²) in [7, 11) is -3.68. The Bertz CT molecular complexity index is 689. The Kier molecular flexibility index (Phi) is 2.58. The van der Waals surface area contributed by atoms with Crippen LogP contribution in [-0.2, 0) is 9.84 Å². The highest BCUT2D eigenvalue weighted by Crippen LogP contribution is 2.18. The van der Waals surface area contributed by atoms with E-state index in [-0.39, 0.29) is 16.6 Å². The number of carboxylic acid groups (broad SMARTS) is 1. The number of hydrogen-bond donors (Lipinski definition) is 1. The van der Waals surface area contributed by atoms with Crippen molar-refractivity contribution in [2.45, 2.75) is 11.9 Å². The molecule has 0 radical (unpaired) electrons. The summed E-state index contributed by atoms with van der Waals surface area (Å²) in [6, 6.07) is 1.51. The minimum Gasteiger partial charge on any atom is -0.476 e. The third-order valence-corrected chi connectivity index (χ3v) is 3.98. The van der Waals surface area contributed by atoms with Crippen LogP contribution in [0, 0.1) is 0 Å². The monoisotopic (exact) mass is 255 g/mol. The zero-order valence-electron chi connectivity index (χ0n) is 8.86. The van der Waals surface area contributed by atoms with E-state index in [0.717, 1.165) is 0 Å². The molecule has 1 N–H and O–H groups in total. The molecule has 0 amide bonds. The van der Waals surface area contributed by atoms with Crippen LogP contribution in [0.2, 0.25) is 0 Å². The molecule has 0 unspecified atom stereocenters. The summed E-state index contributed by atoms with van der Waals surface area (Å²) >= 11 is 0. The molecule has 0 aliphatic rings. The molecule has 0 aliphatic heterocycles. The summed E-state index contributed by atoms with van der Waals surface area (Å²) in [6.07, 6.45) is 2.83. The molecule has 2 rings (SSSR count).